The third-order valence-corrected chi connectivity index (χ3v) is 17.4. The molecule has 3 aromatic heterocycles. The van der Waals surface area contributed by atoms with Gasteiger partial charge in [0.1, 0.15) is 35.7 Å². The zero-order valence-electron chi connectivity index (χ0n) is 43.8. The van der Waals surface area contributed by atoms with E-state index in [2.05, 4.69) is 75.0 Å². The molecule has 8 bridgehead atoms. The summed E-state index contributed by atoms with van der Waals surface area (Å²) in [4.78, 5) is 61.6. The van der Waals surface area contributed by atoms with Gasteiger partial charge >= 0.3 is 5.97 Å². The number of likely N-dealkylation sites (tertiary alicyclic amines) is 1. The predicted octanol–water partition coefficient (Wildman–Crippen LogP) is 5.97. The zero-order valence-corrected chi connectivity index (χ0v) is 43.8. The summed E-state index contributed by atoms with van der Waals surface area (Å²) in [5.41, 5.74) is 9.30. The smallest absolute Gasteiger partial charge is 0.324 e. The molecule has 4 atom stereocenters. The minimum atomic E-state index is -1.09. The van der Waals surface area contributed by atoms with Crippen molar-refractivity contribution >= 4 is 34.4 Å². The van der Waals surface area contributed by atoms with Gasteiger partial charge in [-0.1, -0.05) is 19.9 Å². The van der Waals surface area contributed by atoms with Gasteiger partial charge in [-0.25, -0.2) is 10.4 Å². The molecule has 0 spiro atoms. The maximum Gasteiger partial charge on any atom is 0.324 e. The number of aromatic nitrogens is 3. The Balaban J connectivity index is 1.00. The van der Waals surface area contributed by atoms with Gasteiger partial charge in [-0.3, -0.25) is 34.2 Å². The minimum absolute atomic E-state index is 0.120. The quantitative estimate of drug-likeness (QED) is 0.159. The van der Waals surface area contributed by atoms with Crippen molar-refractivity contribution in [2.45, 2.75) is 140 Å². The first-order valence-electron chi connectivity index (χ1n) is 27.7. The summed E-state index contributed by atoms with van der Waals surface area (Å²) in [7, 11) is 1.74. The second kappa shape index (κ2) is 20.5. The molecule has 1 aromatic carbocycles. The molecule has 0 radical (unpaired) electrons. The number of pyridine rings is 1. The molecule has 4 aromatic rings. The predicted molar refractivity (Wildman–Crippen MR) is 276 cm³/mol. The van der Waals surface area contributed by atoms with E-state index in [0.717, 1.165) is 103 Å². The second-order valence-electron chi connectivity index (χ2n) is 23.2. The molecule has 2 amide bonds. The lowest BCUT2D eigenvalue weighted by Crippen LogP contribution is -2.64. The van der Waals surface area contributed by atoms with Crippen LogP contribution >= 0.6 is 0 Å². The number of hydrogen-bond donors (Lipinski definition) is 2. The SMILES string of the molecule is CO[C@@H](C)c1ncc(N2CCN(C3CC3)CC2)cc1-c1c2c3cc(ccc3n1CCOC1CCOCC1)-c1coc(n1)[C@@H](N1CCCC1)[C@H](NC(=O)C13CC(CO1)C3)C(=O)N1CCC[C@H](N1)C(=O)OCC(C)(C)C2. The maximum absolute atomic E-state index is 15.1. The molecule has 6 saturated heterocycles. The van der Waals surface area contributed by atoms with Gasteiger partial charge in [-0.15, -0.1) is 0 Å². The fourth-order valence-electron chi connectivity index (χ4n) is 13.0. The van der Waals surface area contributed by atoms with Crippen LogP contribution in [0.1, 0.15) is 114 Å². The Morgan fingerprint density at radius 3 is 2.50 bits per heavy atom. The molecule has 2 N–H and O–H groups in total. The molecule has 74 heavy (non-hydrogen) atoms. The van der Waals surface area contributed by atoms with E-state index in [1.165, 1.54) is 17.9 Å². The molecule has 7 aliphatic heterocycles. The first-order valence-corrected chi connectivity index (χ1v) is 27.7. The number of carbonyl (C=O) groups excluding carboxylic acids is 3. The third-order valence-electron chi connectivity index (χ3n) is 17.4. The largest absolute Gasteiger partial charge is 0.464 e. The Labute approximate surface area is 434 Å². The Kier molecular flexibility index (Phi) is 13.8. The van der Waals surface area contributed by atoms with Gasteiger partial charge in [0, 0.05) is 93.1 Å². The molecule has 8 fully saturated rings. The average Bonchev–Trinajstić information content (AvgIpc) is 3.91. The molecule has 10 heterocycles. The number of cyclic esters (lactones) is 1. The number of esters is 1. The van der Waals surface area contributed by atoms with Gasteiger partial charge in [0.2, 0.25) is 5.89 Å². The van der Waals surface area contributed by atoms with Gasteiger partial charge < -0.3 is 42.9 Å². The first kappa shape index (κ1) is 49.9. The van der Waals surface area contributed by atoms with Crippen molar-refractivity contribution < 1.29 is 42.5 Å². The zero-order chi connectivity index (χ0) is 50.7. The van der Waals surface area contributed by atoms with Crippen LogP contribution in [0.15, 0.2) is 41.1 Å². The highest BCUT2D eigenvalue weighted by Crippen LogP contribution is 2.49. The van der Waals surface area contributed by atoms with Crippen molar-refractivity contribution in [2.24, 2.45) is 11.3 Å². The molecular formula is C56H75N9O9. The van der Waals surface area contributed by atoms with Crippen LogP contribution in [0.4, 0.5) is 5.69 Å². The lowest BCUT2D eigenvalue weighted by atomic mass is 9.74. The van der Waals surface area contributed by atoms with E-state index in [1.54, 1.807) is 13.4 Å². The molecule has 2 saturated carbocycles. The van der Waals surface area contributed by atoms with Crippen molar-refractivity contribution in [3.8, 4) is 22.5 Å². The number of hydrogen-bond acceptors (Lipinski definition) is 15. The highest BCUT2D eigenvalue weighted by molar-refractivity contribution is 5.96. The van der Waals surface area contributed by atoms with Gasteiger partial charge in [-0.05, 0) is 120 Å². The summed E-state index contributed by atoms with van der Waals surface area (Å²) >= 11 is 0. The molecule has 0 unspecified atom stereocenters. The number of piperazine rings is 1. The van der Waals surface area contributed by atoms with Crippen LogP contribution in [-0.4, -0.2) is 163 Å². The van der Waals surface area contributed by atoms with Crippen molar-refractivity contribution in [1.29, 1.82) is 0 Å². The monoisotopic (exact) mass is 1020 g/mol. The summed E-state index contributed by atoms with van der Waals surface area (Å²) < 4.78 is 39.8. The van der Waals surface area contributed by atoms with E-state index < -0.39 is 35.1 Å². The van der Waals surface area contributed by atoms with Gasteiger partial charge in [0.25, 0.3) is 11.8 Å². The Morgan fingerprint density at radius 2 is 1.76 bits per heavy atom. The summed E-state index contributed by atoms with van der Waals surface area (Å²) in [5, 5.41) is 5.74. The summed E-state index contributed by atoms with van der Waals surface area (Å²) in [6.07, 6.45) is 12.6. The Morgan fingerprint density at radius 1 is 0.959 bits per heavy atom. The molecule has 398 valence electrons. The number of carbonyl (C=O) groups is 3. The van der Waals surface area contributed by atoms with Crippen LogP contribution < -0.4 is 15.6 Å². The van der Waals surface area contributed by atoms with E-state index in [0.29, 0.717) is 102 Å². The first-order chi connectivity index (χ1) is 35.9. The van der Waals surface area contributed by atoms with E-state index >= 15 is 4.79 Å². The molecule has 18 nitrogen and oxygen atoms in total. The molecule has 2 aliphatic carbocycles. The van der Waals surface area contributed by atoms with Crippen LogP contribution in [0.25, 0.3) is 33.4 Å². The van der Waals surface area contributed by atoms with Crippen LogP contribution in [0.5, 0.6) is 0 Å². The number of rotatable bonds is 12. The maximum atomic E-state index is 15.1. The van der Waals surface area contributed by atoms with E-state index in [4.69, 9.17) is 38.1 Å². The standard InChI is InChI=1S/C56H75N9O9/c1-35(69-4)47-42(27-39(31-57-47)62-20-18-61(19-21-62)38-10-11-38)49-43-30-55(2,3)34-73-53(67)44-8-7-17-65(60-44)52(66)48(59-54(68)56-28-36(29-56)32-74-56)50(63-15-5-6-16-63)51-58-45(33-72-51)37-9-12-46(41(43)26-37)64(49)22-25-71-40-13-23-70-24-14-40/h9,12,26-27,31,33,35-36,38,40,44,48,50,60H,5-8,10-11,13-25,28-30,32,34H2,1-4H3,(H,59,68)/t35-,36?,44-,48-,50-,56?/m0/s1. The molecule has 18 heteroatoms. The summed E-state index contributed by atoms with van der Waals surface area (Å²) in [6.45, 7) is 15.1. The fraction of sp³-hybridized carbons (Fsp3) is 0.661. The van der Waals surface area contributed by atoms with Crippen molar-refractivity contribution in [3.63, 3.8) is 0 Å². The minimum Gasteiger partial charge on any atom is -0.464 e. The van der Waals surface area contributed by atoms with Crippen LogP contribution in [0.2, 0.25) is 0 Å². The number of fused-ring (bicyclic) bond motifs is 7. The molecule has 13 rings (SSSR count). The number of benzene rings is 1. The lowest BCUT2D eigenvalue weighted by Gasteiger charge is -2.40. The summed E-state index contributed by atoms with van der Waals surface area (Å²) in [6, 6.07) is 6.95. The molecular weight excluding hydrogens is 943 g/mol. The van der Waals surface area contributed by atoms with E-state index in [-0.39, 0.29) is 30.6 Å². The van der Waals surface area contributed by atoms with Crippen molar-refractivity contribution in [3.05, 3.63) is 53.9 Å². The van der Waals surface area contributed by atoms with E-state index in [1.807, 2.05) is 6.20 Å². The number of amides is 2. The van der Waals surface area contributed by atoms with Gasteiger partial charge in [0.15, 0.2) is 0 Å². The topological polar surface area (TPSA) is 178 Å². The number of hydrazine groups is 1. The number of methoxy groups -OCH3 is 1. The summed E-state index contributed by atoms with van der Waals surface area (Å²) in [5.74, 6) is -0.391. The van der Waals surface area contributed by atoms with Gasteiger partial charge in [0.05, 0.1) is 55.3 Å². The number of nitrogens with one attached hydrogen (secondary N) is 2. The van der Waals surface area contributed by atoms with Crippen LogP contribution in [-0.2, 0) is 51.0 Å². The van der Waals surface area contributed by atoms with Crippen LogP contribution in [0.3, 0.4) is 0 Å². The highest BCUT2D eigenvalue weighted by atomic mass is 16.5. The third kappa shape index (κ3) is 9.77. The van der Waals surface area contributed by atoms with E-state index in [9.17, 15) is 9.59 Å². The second-order valence-corrected chi connectivity index (χ2v) is 23.2. The Bertz CT molecular complexity index is 2700. The normalized spacial score (nSPS) is 28.5. The Hall–Kier alpha value is -4.95. The van der Waals surface area contributed by atoms with Crippen LogP contribution in [0, 0.1) is 11.3 Å². The number of anilines is 1. The van der Waals surface area contributed by atoms with Crippen molar-refractivity contribution in [2.75, 3.05) is 90.9 Å². The molecule has 9 aliphatic rings. The van der Waals surface area contributed by atoms with Gasteiger partial charge in [-0.2, -0.15) is 0 Å². The number of ether oxygens (including phenoxy) is 5. The lowest BCUT2D eigenvalue weighted by molar-refractivity contribution is -0.157. The number of nitrogens with zero attached hydrogens (tertiary/aromatic N) is 7. The van der Waals surface area contributed by atoms with Crippen molar-refractivity contribution in [1.82, 2.24) is 40.1 Å². The fourth-order valence-corrected chi connectivity index (χ4v) is 13.0. The number of oxazole rings is 1. The average molecular weight is 1020 g/mol. The highest BCUT2D eigenvalue weighted by Gasteiger charge is 2.58.